The summed E-state index contributed by atoms with van der Waals surface area (Å²) < 4.78 is 1.81. The van der Waals surface area contributed by atoms with Gasteiger partial charge in [0.25, 0.3) is 0 Å². The summed E-state index contributed by atoms with van der Waals surface area (Å²) in [6.07, 6.45) is 5.94. The largest absolute Gasteiger partial charge is 0.365 e. The average molecular weight is 356 g/mol. The van der Waals surface area contributed by atoms with E-state index in [0.717, 1.165) is 49.0 Å². The van der Waals surface area contributed by atoms with Crippen molar-refractivity contribution in [3.8, 4) is 0 Å². The van der Waals surface area contributed by atoms with Gasteiger partial charge in [-0.2, -0.15) is 9.61 Å². The number of pyridine rings is 1. The molecular weight excluding hydrogens is 338 g/mol. The topological polar surface area (TPSA) is 62.5 Å². The maximum atomic E-state index is 6.29. The van der Waals surface area contributed by atoms with Crippen LogP contribution in [-0.2, 0) is 0 Å². The SMILES string of the molecule is Clc1cccnc1N1CCN(c2cc(C3CC3)nn3cnnc23)CC1. The van der Waals surface area contributed by atoms with Gasteiger partial charge < -0.3 is 9.80 Å². The van der Waals surface area contributed by atoms with Gasteiger partial charge in [-0.15, -0.1) is 10.2 Å². The minimum absolute atomic E-state index is 0.596. The molecule has 0 radical (unpaired) electrons. The van der Waals surface area contributed by atoms with Gasteiger partial charge in [-0.25, -0.2) is 4.98 Å². The van der Waals surface area contributed by atoms with Gasteiger partial charge in [0.2, 0.25) is 5.65 Å². The lowest BCUT2D eigenvalue weighted by Gasteiger charge is -2.37. The van der Waals surface area contributed by atoms with E-state index >= 15 is 0 Å². The van der Waals surface area contributed by atoms with E-state index in [2.05, 4.69) is 36.1 Å². The first-order chi connectivity index (χ1) is 12.3. The van der Waals surface area contributed by atoms with Crippen molar-refractivity contribution in [3.63, 3.8) is 0 Å². The Morgan fingerprint density at radius 3 is 2.64 bits per heavy atom. The fourth-order valence-corrected chi connectivity index (χ4v) is 3.65. The number of halogens is 1. The molecule has 0 aromatic carbocycles. The highest BCUT2D eigenvalue weighted by atomic mass is 35.5. The molecule has 5 rings (SSSR count). The third-order valence-corrected chi connectivity index (χ3v) is 5.22. The van der Waals surface area contributed by atoms with Crippen LogP contribution in [0.4, 0.5) is 11.5 Å². The van der Waals surface area contributed by atoms with Crippen LogP contribution in [-0.4, -0.2) is 51.0 Å². The minimum atomic E-state index is 0.596. The molecule has 0 spiro atoms. The summed E-state index contributed by atoms with van der Waals surface area (Å²) in [7, 11) is 0. The molecule has 2 aliphatic rings. The van der Waals surface area contributed by atoms with Gasteiger partial charge in [0, 0.05) is 38.3 Å². The lowest BCUT2D eigenvalue weighted by Crippen LogP contribution is -2.47. The zero-order valence-electron chi connectivity index (χ0n) is 13.7. The van der Waals surface area contributed by atoms with Crippen molar-refractivity contribution < 1.29 is 0 Å². The lowest BCUT2D eigenvalue weighted by molar-refractivity contribution is 0.646. The molecule has 1 aliphatic carbocycles. The predicted octanol–water partition coefficient (Wildman–Crippen LogP) is 2.38. The quantitative estimate of drug-likeness (QED) is 0.718. The number of piperazine rings is 1. The monoisotopic (exact) mass is 355 g/mol. The van der Waals surface area contributed by atoms with Gasteiger partial charge in [-0.3, -0.25) is 0 Å². The fraction of sp³-hybridized carbons (Fsp3) is 0.412. The van der Waals surface area contributed by atoms with Crippen LogP contribution >= 0.6 is 11.6 Å². The Kier molecular flexibility index (Phi) is 3.48. The van der Waals surface area contributed by atoms with E-state index in [1.54, 1.807) is 12.5 Å². The Morgan fingerprint density at radius 1 is 1.08 bits per heavy atom. The van der Waals surface area contributed by atoms with Gasteiger partial charge >= 0.3 is 0 Å². The van der Waals surface area contributed by atoms with Crippen molar-refractivity contribution >= 4 is 28.8 Å². The maximum Gasteiger partial charge on any atom is 0.200 e. The van der Waals surface area contributed by atoms with Crippen molar-refractivity contribution in [2.24, 2.45) is 0 Å². The average Bonchev–Trinajstić information content (AvgIpc) is 3.39. The Labute approximate surface area is 150 Å². The summed E-state index contributed by atoms with van der Waals surface area (Å²) in [5.41, 5.74) is 3.10. The summed E-state index contributed by atoms with van der Waals surface area (Å²) in [6, 6.07) is 5.95. The summed E-state index contributed by atoms with van der Waals surface area (Å²) in [4.78, 5) is 9.03. The van der Waals surface area contributed by atoms with Gasteiger partial charge in [0.1, 0.15) is 12.1 Å². The highest BCUT2D eigenvalue weighted by molar-refractivity contribution is 6.32. The smallest absolute Gasteiger partial charge is 0.200 e. The van der Waals surface area contributed by atoms with E-state index in [4.69, 9.17) is 11.6 Å². The molecular formula is C17H18ClN7. The van der Waals surface area contributed by atoms with Crippen molar-refractivity contribution in [2.45, 2.75) is 18.8 Å². The van der Waals surface area contributed by atoms with Crippen molar-refractivity contribution in [1.82, 2.24) is 24.8 Å². The van der Waals surface area contributed by atoms with Gasteiger partial charge in [-0.1, -0.05) is 11.6 Å². The predicted molar refractivity (Wildman–Crippen MR) is 96.4 cm³/mol. The van der Waals surface area contributed by atoms with Crippen LogP contribution in [0, 0.1) is 0 Å². The molecule has 7 nitrogen and oxygen atoms in total. The molecule has 3 aromatic rings. The molecule has 128 valence electrons. The molecule has 8 heteroatoms. The summed E-state index contributed by atoms with van der Waals surface area (Å²) in [6.45, 7) is 3.53. The maximum absolute atomic E-state index is 6.29. The second-order valence-electron chi connectivity index (χ2n) is 6.61. The summed E-state index contributed by atoms with van der Waals surface area (Å²) >= 11 is 6.29. The number of hydrogen-bond acceptors (Lipinski definition) is 6. The number of nitrogens with zero attached hydrogens (tertiary/aromatic N) is 7. The van der Waals surface area contributed by atoms with Crippen molar-refractivity contribution in [1.29, 1.82) is 0 Å². The van der Waals surface area contributed by atoms with Crippen LogP contribution in [0.2, 0.25) is 5.02 Å². The number of anilines is 2. The molecule has 1 saturated carbocycles. The number of hydrogen-bond donors (Lipinski definition) is 0. The van der Waals surface area contributed by atoms with Crippen LogP contribution in [0.5, 0.6) is 0 Å². The van der Waals surface area contributed by atoms with E-state index in [1.165, 1.54) is 12.8 Å². The van der Waals surface area contributed by atoms with E-state index < -0.39 is 0 Å². The summed E-state index contributed by atoms with van der Waals surface area (Å²) in [5, 5.41) is 13.7. The van der Waals surface area contributed by atoms with Crippen LogP contribution in [0.15, 0.2) is 30.7 Å². The molecule has 0 bridgehead atoms. The van der Waals surface area contributed by atoms with Gasteiger partial charge in [-0.05, 0) is 31.0 Å². The van der Waals surface area contributed by atoms with Gasteiger partial charge in [0.05, 0.1) is 16.4 Å². The Morgan fingerprint density at radius 2 is 1.88 bits per heavy atom. The zero-order chi connectivity index (χ0) is 16.8. The van der Waals surface area contributed by atoms with Crippen LogP contribution < -0.4 is 9.80 Å². The molecule has 25 heavy (non-hydrogen) atoms. The zero-order valence-corrected chi connectivity index (χ0v) is 14.5. The highest BCUT2D eigenvalue weighted by Crippen LogP contribution is 2.40. The molecule has 1 saturated heterocycles. The number of rotatable bonds is 3. The van der Waals surface area contributed by atoms with Gasteiger partial charge in [0.15, 0.2) is 0 Å². The first kappa shape index (κ1) is 14.9. The first-order valence-corrected chi connectivity index (χ1v) is 8.99. The normalized spacial score (nSPS) is 18.1. The molecule has 3 aromatic heterocycles. The van der Waals surface area contributed by atoms with E-state index in [9.17, 15) is 0 Å². The molecule has 4 heterocycles. The molecule has 0 N–H and O–H groups in total. The molecule has 0 atom stereocenters. The Bertz CT molecular complexity index is 912. The van der Waals surface area contributed by atoms with Crippen LogP contribution in [0.3, 0.4) is 0 Å². The lowest BCUT2D eigenvalue weighted by atomic mass is 10.2. The Hall–Kier alpha value is -2.41. The first-order valence-electron chi connectivity index (χ1n) is 8.61. The number of aromatic nitrogens is 5. The van der Waals surface area contributed by atoms with Crippen LogP contribution in [0.1, 0.15) is 24.5 Å². The van der Waals surface area contributed by atoms with E-state index in [0.29, 0.717) is 10.9 Å². The third kappa shape index (κ3) is 2.68. The molecule has 0 unspecified atom stereocenters. The molecule has 1 aliphatic heterocycles. The van der Waals surface area contributed by atoms with Crippen molar-refractivity contribution in [3.05, 3.63) is 41.4 Å². The van der Waals surface area contributed by atoms with Crippen LogP contribution in [0.25, 0.3) is 5.65 Å². The number of fused-ring (bicyclic) bond motifs is 1. The molecule has 0 amide bonds. The standard InChI is InChI=1S/C17H18ClN7/c18-13-2-1-5-19-16(13)24-8-6-23(7-9-24)15-10-14(12-3-4-12)22-25-11-20-21-17(15)25/h1-2,5,10-12H,3-4,6-9H2. The fourth-order valence-electron chi connectivity index (χ4n) is 3.41. The molecule has 2 fully saturated rings. The minimum Gasteiger partial charge on any atom is -0.365 e. The summed E-state index contributed by atoms with van der Waals surface area (Å²) in [5.74, 6) is 1.46. The highest BCUT2D eigenvalue weighted by Gasteiger charge is 2.28. The Balaban J connectivity index is 1.41. The van der Waals surface area contributed by atoms with Crippen molar-refractivity contribution in [2.75, 3.05) is 36.0 Å². The second kappa shape index (κ2) is 5.84. The van der Waals surface area contributed by atoms with E-state index in [-0.39, 0.29) is 0 Å². The third-order valence-electron chi connectivity index (χ3n) is 4.92. The second-order valence-corrected chi connectivity index (χ2v) is 7.02. The van der Waals surface area contributed by atoms with E-state index in [1.807, 2.05) is 16.6 Å².